The molecular weight excluding hydrogens is 488 g/mol. The van der Waals surface area contributed by atoms with Crippen molar-refractivity contribution in [3.63, 3.8) is 0 Å². The van der Waals surface area contributed by atoms with Gasteiger partial charge in [-0.25, -0.2) is 28.2 Å². The van der Waals surface area contributed by atoms with Gasteiger partial charge in [0.1, 0.15) is 29.1 Å². The third-order valence-electron chi connectivity index (χ3n) is 7.03. The van der Waals surface area contributed by atoms with Crippen LogP contribution in [0.1, 0.15) is 18.1 Å². The van der Waals surface area contributed by atoms with E-state index in [9.17, 15) is 13.9 Å². The first kappa shape index (κ1) is 23.9. The molecule has 10 heteroatoms. The molecule has 4 heterocycles. The fourth-order valence-corrected chi connectivity index (χ4v) is 4.76. The van der Waals surface area contributed by atoms with Gasteiger partial charge in [-0.05, 0) is 48.4 Å². The van der Waals surface area contributed by atoms with Crippen molar-refractivity contribution in [2.75, 3.05) is 36.0 Å². The topological polar surface area (TPSA) is 82.7 Å². The first-order valence-electron chi connectivity index (χ1n) is 12.3. The molecule has 1 saturated heterocycles. The largest absolute Gasteiger partial charge is 0.381 e. The molecule has 1 aliphatic heterocycles. The number of anilines is 2. The van der Waals surface area contributed by atoms with Crippen LogP contribution in [0.3, 0.4) is 0 Å². The molecule has 3 aromatic heterocycles. The zero-order valence-electron chi connectivity index (χ0n) is 20.7. The number of halogens is 2. The smallest absolute Gasteiger partial charge is 0.225 e. The van der Waals surface area contributed by atoms with Crippen molar-refractivity contribution in [2.45, 2.75) is 12.5 Å². The maximum absolute atomic E-state index is 13.4. The van der Waals surface area contributed by atoms with Crippen LogP contribution in [0.25, 0.3) is 16.6 Å². The van der Waals surface area contributed by atoms with Gasteiger partial charge in [0.05, 0.1) is 0 Å². The maximum atomic E-state index is 13.4. The van der Waals surface area contributed by atoms with E-state index in [-0.39, 0.29) is 11.6 Å². The Labute approximate surface area is 217 Å². The fraction of sp³-hybridized carbons (Fsp3) is 0.214. The molecule has 5 aromatic rings. The molecule has 0 unspecified atom stereocenters. The number of hydrogen-bond donors (Lipinski definition) is 1. The number of rotatable bonds is 5. The molecule has 8 nitrogen and oxygen atoms in total. The van der Waals surface area contributed by atoms with Crippen molar-refractivity contribution in [2.24, 2.45) is 0 Å². The molecule has 6 rings (SSSR count). The summed E-state index contributed by atoms with van der Waals surface area (Å²) in [5.41, 5.74) is 2.48. The van der Waals surface area contributed by atoms with Crippen molar-refractivity contribution in [3.05, 3.63) is 102 Å². The van der Waals surface area contributed by atoms with Gasteiger partial charge in [-0.3, -0.25) is 0 Å². The summed E-state index contributed by atoms with van der Waals surface area (Å²) >= 11 is 0. The zero-order chi connectivity index (χ0) is 26.3. The van der Waals surface area contributed by atoms with Crippen LogP contribution in [0.15, 0.2) is 79.5 Å². The average Bonchev–Trinajstić information content (AvgIpc) is 3.38. The van der Waals surface area contributed by atoms with E-state index in [4.69, 9.17) is 0 Å². The molecule has 192 valence electrons. The predicted octanol–water partition coefficient (Wildman–Crippen LogP) is 4.05. The van der Waals surface area contributed by atoms with Crippen LogP contribution in [-0.2, 0) is 5.60 Å². The summed E-state index contributed by atoms with van der Waals surface area (Å²) < 4.78 is 28.4. The van der Waals surface area contributed by atoms with E-state index in [1.807, 2.05) is 12.3 Å². The third kappa shape index (κ3) is 4.43. The van der Waals surface area contributed by atoms with Gasteiger partial charge in [-0.15, -0.1) is 0 Å². The number of nitrogens with zero attached hydrogens (tertiary/aromatic N) is 7. The lowest BCUT2D eigenvalue weighted by Gasteiger charge is -2.35. The van der Waals surface area contributed by atoms with Gasteiger partial charge in [0.2, 0.25) is 5.95 Å². The summed E-state index contributed by atoms with van der Waals surface area (Å²) in [5, 5.41) is 15.4. The van der Waals surface area contributed by atoms with Crippen LogP contribution in [0.4, 0.5) is 20.5 Å². The van der Waals surface area contributed by atoms with Gasteiger partial charge >= 0.3 is 0 Å². The molecule has 1 fully saturated rings. The summed E-state index contributed by atoms with van der Waals surface area (Å²) in [4.78, 5) is 17.9. The average molecular weight is 514 g/mol. The Hall–Kier alpha value is -4.44. The maximum Gasteiger partial charge on any atom is 0.225 e. The van der Waals surface area contributed by atoms with E-state index in [0.717, 1.165) is 22.5 Å². The van der Waals surface area contributed by atoms with Crippen LogP contribution in [0.2, 0.25) is 0 Å². The number of aliphatic hydroxyl groups is 1. The lowest BCUT2D eigenvalue weighted by molar-refractivity contribution is 0.101. The second-order valence-corrected chi connectivity index (χ2v) is 9.47. The highest BCUT2D eigenvalue weighted by atomic mass is 19.1. The minimum Gasteiger partial charge on any atom is -0.381 e. The van der Waals surface area contributed by atoms with E-state index >= 15 is 0 Å². The number of benzene rings is 2. The highest BCUT2D eigenvalue weighted by Crippen LogP contribution is 2.30. The van der Waals surface area contributed by atoms with E-state index in [0.29, 0.717) is 43.3 Å². The summed E-state index contributed by atoms with van der Waals surface area (Å²) in [6.07, 6.45) is 6.69. The normalized spacial score (nSPS) is 15.6. The minimum atomic E-state index is -1.34. The van der Waals surface area contributed by atoms with Crippen molar-refractivity contribution in [3.8, 4) is 11.1 Å². The Bertz CT molecular complexity index is 1560. The van der Waals surface area contributed by atoms with Crippen molar-refractivity contribution in [1.82, 2.24) is 24.6 Å². The van der Waals surface area contributed by atoms with Crippen LogP contribution < -0.4 is 9.80 Å². The predicted molar refractivity (Wildman–Crippen MR) is 140 cm³/mol. The van der Waals surface area contributed by atoms with Gasteiger partial charge < -0.3 is 14.9 Å². The first-order valence-corrected chi connectivity index (χ1v) is 12.3. The summed E-state index contributed by atoms with van der Waals surface area (Å²) in [6.45, 7) is 4.44. The Balaban J connectivity index is 1.16. The molecule has 0 amide bonds. The van der Waals surface area contributed by atoms with Gasteiger partial charge in [0.25, 0.3) is 0 Å². The number of hydrogen-bond acceptors (Lipinski definition) is 7. The molecule has 1 aliphatic rings. The lowest BCUT2D eigenvalue weighted by Crippen LogP contribution is -2.47. The molecule has 0 spiro atoms. The van der Waals surface area contributed by atoms with Crippen molar-refractivity contribution < 1.29 is 13.9 Å². The molecule has 0 saturated carbocycles. The van der Waals surface area contributed by atoms with Crippen LogP contribution >= 0.6 is 0 Å². The Kier molecular flexibility index (Phi) is 5.96. The zero-order valence-corrected chi connectivity index (χ0v) is 20.7. The van der Waals surface area contributed by atoms with E-state index in [1.54, 1.807) is 48.1 Å². The van der Waals surface area contributed by atoms with E-state index in [1.165, 1.54) is 30.6 Å². The van der Waals surface area contributed by atoms with E-state index < -0.39 is 5.60 Å². The Morgan fingerprint density at radius 1 is 0.763 bits per heavy atom. The second kappa shape index (κ2) is 9.46. The van der Waals surface area contributed by atoms with Gasteiger partial charge in [-0.2, -0.15) is 5.10 Å². The van der Waals surface area contributed by atoms with Crippen molar-refractivity contribution >= 4 is 17.3 Å². The minimum absolute atomic E-state index is 0.271. The highest BCUT2D eigenvalue weighted by Gasteiger charge is 2.28. The molecular formula is C28H25F2N7O. The first-order chi connectivity index (χ1) is 18.4. The monoisotopic (exact) mass is 513 g/mol. The standard InChI is InChI=1S/C28H25F2N7O/c1-28(38,21-4-8-24(30)9-5-21)22-15-31-27(32-16-22)36-12-10-35(11-13-36)26-25-14-20(17-37(25)34-18-33-26)19-2-6-23(29)7-3-19/h2-9,14-18,38H,10-13H2,1H3/t28-/m0/s1. The SMILES string of the molecule is C[C@](O)(c1ccc(F)cc1)c1cnc(N2CCN(c3ncnn4cc(-c5ccc(F)cc5)cc34)CC2)nc1. The Morgan fingerprint density at radius 2 is 1.37 bits per heavy atom. The molecule has 38 heavy (non-hydrogen) atoms. The van der Waals surface area contributed by atoms with Crippen LogP contribution in [0, 0.1) is 11.6 Å². The molecule has 1 atom stereocenters. The molecule has 0 bridgehead atoms. The molecule has 0 radical (unpaired) electrons. The summed E-state index contributed by atoms with van der Waals surface area (Å²) in [7, 11) is 0. The summed E-state index contributed by atoms with van der Waals surface area (Å²) in [5.74, 6) is 0.785. The third-order valence-corrected chi connectivity index (χ3v) is 7.03. The molecule has 1 N–H and O–H groups in total. The molecule has 2 aromatic carbocycles. The molecule has 0 aliphatic carbocycles. The highest BCUT2D eigenvalue weighted by molar-refractivity contribution is 5.77. The number of aromatic nitrogens is 5. The number of fused-ring (bicyclic) bond motifs is 1. The van der Waals surface area contributed by atoms with Crippen LogP contribution in [-0.4, -0.2) is 55.9 Å². The van der Waals surface area contributed by atoms with Gasteiger partial charge in [-0.1, -0.05) is 24.3 Å². The quantitative estimate of drug-likeness (QED) is 0.380. The second-order valence-electron chi connectivity index (χ2n) is 9.47. The van der Waals surface area contributed by atoms with Gasteiger partial charge in [0.15, 0.2) is 5.82 Å². The van der Waals surface area contributed by atoms with Crippen molar-refractivity contribution in [1.29, 1.82) is 0 Å². The Morgan fingerprint density at radius 3 is 2.03 bits per heavy atom. The number of piperazine rings is 1. The fourth-order valence-electron chi connectivity index (χ4n) is 4.76. The lowest BCUT2D eigenvalue weighted by atomic mass is 9.90. The van der Waals surface area contributed by atoms with E-state index in [2.05, 4.69) is 29.9 Å². The van der Waals surface area contributed by atoms with Gasteiger partial charge in [0, 0.05) is 55.9 Å². The summed E-state index contributed by atoms with van der Waals surface area (Å²) in [6, 6.07) is 14.2. The van der Waals surface area contributed by atoms with Crippen LogP contribution in [0.5, 0.6) is 0 Å².